The van der Waals surface area contributed by atoms with Crippen molar-refractivity contribution in [1.82, 2.24) is 10.6 Å². The second kappa shape index (κ2) is 6.76. The van der Waals surface area contributed by atoms with Crippen LogP contribution in [-0.4, -0.2) is 37.2 Å². The van der Waals surface area contributed by atoms with Crippen LogP contribution in [0.25, 0.3) is 0 Å². The lowest BCUT2D eigenvalue weighted by Gasteiger charge is -2.21. The topological polar surface area (TPSA) is 70.2 Å². The molecule has 20 heavy (non-hydrogen) atoms. The lowest BCUT2D eigenvalue weighted by atomic mass is 10.1. The third-order valence-corrected chi connectivity index (χ3v) is 4.24. The number of fused-ring (bicyclic) bond motifs is 1. The highest BCUT2D eigenvalue weighted by Crippen LogP contribution is 2.35. The number of nitrogens with one attached hydrogen (secondary N) is 3. The molecule has 1 aliphatic rings. The summed E-state index contributed by atoms with van der Waals surface area (Å²) in [6, 6.07) is 5.42. The third-order valence-electron chi connectivity index (χ3n) is 3.06. The Kier molecular flexibility index (Phi) is 5.03. The summed E-state index contributed by atoms with van der Waals surface area (Å²) < 4.78 is 0. The molecular weight excluding hydrogens is 274 g/mol. The molecule has 0 spiro atoms. The van der Waals surface area contributed by atoms with Crippen LogP contribution < -0.4 is 16.0 Å². The van der Waals surface area contributed by atoms with Gasteiger partial charge in [-0.15, -0.1) is 11.8 Å². The molecule has 5 nitrogen and oxygen atoms in total. The molecule has 1 aliphatic heterocycles. The van der Waals surface area contributed by atoms with Crippen LogP contribution >= 0.6 is 11.8 Å². The van der Waals surface area contributed by atoms with Gasteiger partial charge in [-0.3, -0.25) is 9.59 Å². The van der Waals surface area contributed by atoms with E-state index in [4.69, 9.17) is 0 Å². The number of carbonyl (C=O) groups excluding carboxylic acids is 2. The second-order valence-corrected chi connectivity index (χ2v) is 6.06. The van der Waals surface area contributed by atoms with Crippen molar-refractivity contribution in [3.05, 3.63) is 23.8 Å². The highest BCUT2D eigenvalue weighted by Gasteiger charge is 2.23. The first kappa shape index (κ1) is 14.9. The van der Waals surface area contributed by atoms with Crippen LogP contribution in [0.5, 0.6) is 0 Å². The Morgan fingerprint density at radius 1 is 1.40 bits per heavy atom. The van der Waals surface area contributed by atoms with Crippen molar-refractivity contribution in [3.8, 4) is 0 Å². The molecule has 1 heterocycles. The number of benzene rings is 1. The zero-order valence-corrected chi connectivity index (χ0v) is 12.5. The molecule has 1 aromatic carbocycles. The molecule has 1 atom stereocenters. The highest BCUT2D eigenvalue weighted by molar-refractivity contribution is 8.00. The molecule has 0 bridgehead atoms. The summed E-state index contributed by atoms with van der Waals surface area (Å²) in [6.45, 7) is 3.37. The van der Waals surface area contributed by atoms with Gasteiger partial charge in [-0.05, 0) is 45.1 Å². The summed E-state index contributed by atoms with van der Waals surface area (Å²) >= 11 is 1.51. The molecule has 0 saturated carbocycles. The van der Waals surface area contributed by atoms with Gasteiger partial charge in [0.2, 0.25) is 5.91 Å². The average molecular weight is 293 g/mol. The summed E-state index contributed by atoms with van der Waals surface area (Å²) in [5, 5.41) is 8.63. The van der Waals surface area contributed by atoms with E-state index in [-0.39, 0.29) is 17.1 Å². The Morgan fingerprint density at radius 3 is 2.95 bits per heavy atom. The van der Waals surface area contributed by atoms with Gasteiger partial charge in [0, 0.05) is 17.0 Å². The van der Waals surface area contributed by atoms with Gasteiger partial charge >= 0.3 is 0 Å². The van der Waals surface area contributed by atoms with E-state index in [0.717, 1.165) is 23.5 Å². The van der Waals surface area contributed by atoms with Crippen LogP contribution in [0.2, 0.25) is 0 Å². The minimum Gasteiger partial charge on any atom is -0.352 e. The molecule has 2 rings (SSSR count). The fourth-order valence-corrected chi connectivity index (χ4v) is 2.85. The van der Waals surface area contributed by atoms with Crippen LogP contribution in [0.4, 0.5) is 5.69 Å². The number of hydrogen-bond acceptors (Lipinski definition) is 4. The van der Waals surface area contributed by atoms with Crippen LogP contribution in [0.3, 0.4) is 0 Å². The van der Waals surface area contributed by atoms with Crippen molar-refractivity contribution in [2.45, 2.75) is 23.5 Å². The summed E-state index contributed by atoms with van der Waals surface area (Å²) in [4.78, 5) is 24.6. The largest absolute Gasteiger partial charge is 0.352 e. The van der Waals surface area contributed by atoms with E-state index in [1.807, 2.05) is 20.0 Å². The number of amides is 2. The van der Waals surface area contributed by atoms with Crippen LogP contribution in [-0.2, 0) is 4.79 Å². The SMILES string of the molecule is CNCCCNC(=O)c1ccc2c(c1)NC(=O)C(C)S2. The van der Waals surface area contributed by atoms with Gasteiger partial charge in [0.25, 0.3) is 5.91 Å². The average Bonchev–Trinajstić information content (AvgIpc) is 2.44. The van der Waals surface area contributed by atoms with Crippen molar-refractivity contribution in [1.29, 1.82) is 0 Å². The molecular formula is C14H19N3O2S. The number of hydrogen-bond donors (Lipinski definition) is 3. The van der Waals surface area contributed by atoms with Crippen LogP contribution in [0.1, 0.15) is 23.7 Å². The van der Waals surface area contributed by atoms with Crippen LogP contribution in [0, 0.1) is 0 Å². The molecule has 0 fully saturated rings. The molecule has 6 heteroatoms. The zero-order chi connectivity index (χ0) is 14.5. The summed E-state index contributed by atoms with van der Waals surface area (Å²) in [7, 11) is 1.88. The number of thioether (sulfide) groups is 1. The van der Waals surface area contributed by atoms with E-state index in [1.54, 1.807) is 12.1 Å². The van der Waals surface area contributed by atoms with Crippen molar-refractivity contribution in [3.63, 3.8) is 0 Å². The quantitative estimate of drug-likeness (QED) is 0.719. The van der Waals surface area contributed by atoms with E-state index in [2.05, 4.69) is 16.0 Å². The predicted molar refractivity (Wildman–Crippen MR) is 81.3 cm³/mol. The monoisotopic (exact) mass is 293 g/mol. The maximum atomic E-state index is 12.0. The summed E-state index contributed by atoms with van der Waals surface area (Å²) in [5.74, 6) is -0.129. The van der Waals surface area contributed by atoms with Crippen molar-refractivity contribution in [2.24, 2.45) is 0 Å². The van der Waals surface area contributed by atoms with E-state index in [0.29, 0.717) is 12.1 Å². The van der Waals surface area contributed by atoms with Gasteiger partial charge in [0.1, 0.15) is 0 Å². The normalized spacial score (nSPS) is 17.3. The number of carbonyl (C=O) groups is 2. The Hall–Kier alpha value is -1.53. The molecule has 3 N–H and O–H groups in total. The first-order valence-corrected chi connectivity index (χ1v) is 7.54. The molecule has 108 valence electrons. The molecule has 1 unspecified atom stereocenters. The fraction of sp³-hybridized carbons (Fsp3) is 0.429. The Bertz CT molecular complexity index is 519. The maximum Gasteiger partial charge on any atom is 0.251 e. The van der Waals surface area contributed by atoms with E-state index in [1.165, 1.54) is 11.8 Å². The van der Waals surface area contributed by atoms with Gasteiger partial charge in [0.15, 0.2) is 0 Å². The first-order valence-electron chi connectivity index (χ1n) is 6.66. The highest BCUT2D eigenvalue weighted by atomic mass is 32.2. The first-order chi connectivity index (χ1) is 9.61. The molecule has 0 saturated heterocycles. The van der Waals surface area contributed by atoms with E-state index < -0.39 is 0 Å². The molecule has 0 aromatic heterocycles. The van der Waals surface area contributed by atoms with Crippen LogP contribution in [0.15, 0.2) is 23.1 Å². The zero-order valence-electron chi connectivity index (χ0n) is 11.7. The van der Waals surface area contributed by atoms with Gasteiger partial charge in [-0.25, -0.2) is 0 Å². The third kappa shape index (κ3) is 3.52. The Balaban J connectivity index is 2.02. The smallest absolute Gasteiger partial charge is 0.251 e. The molecule has 0 aliphatic carbocycles. The Morgan fingerprint density at radius 2 is 2.20 bits per heavy atom. The van der Waals surface area contributed by atoms with Gasteiger partial charge in [-0.2, -0.15) is 0 Å². The van der Waals surface area contributed by atoms with Gasteiger partial charge in [-0.1, -0.05) is 0 Å². The minimum absolute atomic E-state index is 0.0194. The van der Waals surface area contributed by atoms with E-state index >= 15 is 0 Å². The molecule has 2 amide bonds. The van der Waals surface area contributed by atoms with Crippen molar-refractivity contribution < 1.29 is 9.59 Å². The van der Waals surface area contributed by atoms with Gasteiger partial charge < -0.3 is 16.0 Å². The Labute approximate surface area is 122 Å². The standard InChI is InChI=1S/C14H19N3O2S/c1-9-13(18)17-11-8-10(4-5-12(11)20-9)14(19)16-7-3-6-15-2/h4-5,8-9,15H,3,6-7H2,1-2H3,(H,16,19)(H,17,18). The van der Waals surface area contributed by atoms with Crippen molar-refractivity contribution >= 4 is 29.3 Å². The lowest BCUT2D eigenvalue weighted by Crippen LogP contribution is -2.28. The van der Waals surface area contributed by atoms with Gasteiger partial charge in [0.05, 0.1) is 10.9 Å². The van der Waals surface area contributed by atoms with E-state index in [9.17, 15) is 9.59 Å². The maximum absolute atomic E-state index is 12.0. The van der Waals surface area contributed by atoms with Crippen molar-refractivity contribution in [2.75, 3.05) is 25.5 Å². The lowest BCUT2D eigenvalue weighted by molar-refractivity contribution is -0.115. The number of rotatable bonds is 5. The fourth-order valence-electron chi connectivity index (χ4n) is 1.92. The molecule has 0 radical (unpaired) electrons. The second-order valence-electron chi connectivity index (χ2n) is 4.67. The predicted octanol–water partition coefficient (Wildman–Crippen LogP) is 1.46. The minimum atomic E-state index is -0.109. The number of anilines is 1. The summed E-state index contributed by atoms with van der Waals surface area (Å²) in [5.41, 5.74) is 1.30. The summed E-state index contributed by atoms with van der Waals surface area (Å²) in [6.07, 6.45) is 0.886. The molecule has 1 aromatic rings.